The zero-order valence-corrected chi connectivity index (χ0v) is 27.3. The van der Waals surface area contributed by atoms with E-state index in [4.69, 9.17) is 0 Å². The number of hydrogen-bond donors (Lipinski definition) is 3. The number of anilines is 2. The van der Waals surface area contributed by atoms with Gasteiger partial charge in [0.15, 0.2) is 5.13 Å². The van der Waals surface area contributed by atoms with Crippen molar-refractivity contribution in [2.75, 3.05) is 10.6 Å². The van der Waals surface area contributed by atoms with E-state index in [0.29, 0.717) is 21.9 Å². The molecule has 0 fully saturated rings. The van der Waals surface area contributed by atoms with Crippen molar-refractivity contribution in [3.05, 3.63) is 149 Å². The minimum absolute atomic E-state index is 0.00911. The number of rotatable bonds is 10. The molecule has 0 bridgehead atoms. The second-order valence-corrected chi connectivity index (χ2v) is 13.0. The second kappa shape index (κ2) is 14.9. The highest BCUT2D eigenvalue weighted by molar-refractivity contribution is 8.00. The van der Waals surface area contributed by atoms with Gasteiger partial charge in [0.25, 0.3) is 11.8 Å². The zero-order valence-electron chi connectivity index (χ0n) is 25.6. The van der Waals surface area contributed by atoms with Crippen LogP contribution in [0.5, 0.6) is 0 Å². The summed E-state index contributed by atoms with van der Waals surface area (Å²) in [4.78, 5) is 44.6. The predicted octanol–water partition coefficient (Wildman–Crippen LogP) is 8.63. The number of nitrogens with zero attached hydrogens (tertiary/aromatic N) is 1. The van der Waals surface area contributed by atoms with E-state index < -0.39 is 22.9 Å². The van der Waals surface area contributed by atoms with Crippen LogP contribution in [0.4, 0.5) is 15.2 Å². The van der Waals surface area contributed by atoms with Crippen LogP contribution in [0.2, 0.25) is 0 Å². The number of carbonyl (C=O) groups excluding carboxylic acids is 3. The SMILES string of the molecule is CC(Sc1ccc(NC(=O)/C(=C/c2ccc(F)cc2)NC(=O)c2ccccc2)cc1)C(=O)Nc1nc(-c2ccc3ccccc3c2)cs1. The maximum absolute atomic E-state index is 13.5. The van der Waals surface area contributed by atoms with Gasteiger partial charge in [0.1, 0.15) is 11.5 Å². The molecule has 0 aliphatic rings. The van der Waals surface area contributed by atoms with E-state index in [2.05, 4.69) is 45.2 Å². The first-order chi connectivity index (χ1) is 23.3. The van der Waals surface area contributed by atoms with Gasteiger partial charge in [-0.05, 0) is 83.9 Å². The van der Waals surface area contributed by atoms with E-state index >= 15 is 0 Å². The Morgan fingerprint density at radius 1 is 0.812 bits per heavy atom. The van der Waals surface area contributed by atoms with E-state index in [-0.39, 0.29) is 11.6 Å². The third-order valence-corrected chi connectivity index (χ3v) is 9.15. The van der Waals surface area contributed by atoms with Crippen molar-refractivity contribution in [2.24, 2.45) is 0 Å². The molecule has 7 nitrogen and oxygen atoms in total. The van der Waals surface area contributed by atoms with Gasteiger partial charge in [-0.25, -0.2) is 9.37 Å². The van der Waals surface area contributed by atoms with Gasteiger partial charge in [-0.15, -0.1) is 23.1 Å². The third-order valence-electron chi connectivity index (χ3n) is 7.28. The van der Waals surface area contributed by atoms with Gasteiger partial charge >= 0.3 is 0 Å². The molecule has 48 heavy (non-hydrogen) atoms. The molecule has 5 aromatic carbocycles. The van der Waals surface area contributed by atoms with Gasteiger partial charge in [-0.1, -0.05) is 66.7 Å². The van der Waals surface area contributed by atoms with Crippen LogP contribution in [0, 0.1) is 5.82 Å². The predicted molar refractivity (Wildman–Crippen MR) is 192 cm³/mol. The Balaban J connectivity index is 1.07. The van der Waals surface area contributed by atoms with Crippen LogP contribution in [-0.4, -0.2) is 28.0 Å². The van der Waals surface area contributed by atoms with Crippen LogP contribution in [-0.2, 0) is 9.59 Å². The van der Waals surface area contributed by atoms with Gasteiger partial charge in [0.2, 0.25) is 5.91 Å². The molecular formula is C38H29FN4O3S2. The van der Waals surface area contributed by atoms with E-state index in [1.54, 1.807) is 54.6 Å². The molecular weight excluding hydrogens is 644 g/mol. The van der Waals surface area contributed by atoms with Crippen molar-refractivity contribution < 1.29 is 18.8 Å². The average Bonchev–Trinajstić information content (AvgIpc) is 3.58. The molecule has 1 atom stereocenters. The molecule has 6 aromatic rings. The summed E-state index contributed by atoms with van der Waals surface area (Å²) in [5.41, 5.74) is 3.19. The molecule has 1 unspecified atom stereocenters. The highest BCUT2D eigenvalue weighted by atomic mass is 32.2. The topological polar surface area (TPSA) is 100 Å². The fraction of sp³-hybridized carbons (Fsp3) is 0.0526. The van der Waals surface area contributed by atoms with Gasteiger partial charge in [-0.3, -0.25) is 14.4 Å². The highest BCUT2D eigenvalue weighted by Gasteiger charge is 2.18. The van der Waals surface area contributed by atoms with Crippen LogP contribution in [0.25, 0.3) is 28.1 Å². The minimum atomic E-state index is -0.553. The lowest BCUT2D eigenvalue weighted by Gasteiger charge is -2.13. The Morgan fingerprint density at radius 2 is 1.52 bits per heavy atom. The van der Waals surface area contributed by atoms with Crippen molar-refractivity contribution >= 4 is 68.5 Å². The number of benzene rings is 5. The summed E-state index contributed by atoms with van der Waals surface area (Å²) in [7, 11) is 0. The first-order valence-corrected chi connectivity index (χ1v) is 16.7. The molecule has 0 radical (unpaired) electrons. The molecule has 3 amide bonds. The van der Waals surface area contributed by atoms with Gasteiger partial charge < -0.3 is 16.0 Å². The van der Waals surface area contributed by atoms with Crippen molar-refractivity contribution in [3.63, 3.8) is 0 Å². The second-order valence-electron chi connectivity index (χ2n) is 10.8. The fourth-order valence-corrected chi connectivity index (χ4v) is 6.35. The summed E-state index contributed by atoms with van der Waals surface area (Å²) in [5.74, 6) is -1.60. The Labute approximate surface area is 284 Å². The molecule has 0 spiro atoms. The molecule has 1 aromatic heterocycles. The normalized spacial score (nSPS) is 11.9. The number of hydrogen-bond acceptors (Lipinski definition) is 6. The summed E-state index contributed by atoms with van der Waals surface area (Å²) < 4.78 is 13.5. The molecule has 6 rings (SSSR count). The molecule has 0 saturated carbocycles. The molecule has 0 aliphatic heterocycles. The maximum Gasteiger partial charge on any atom is 0.272 e. The van der Waals surface area contributed by atoms with Gasteiger partial charge in [0.05, 0.1) is 10.9 Å². The lowest BCUT2D eigenvalue weighted by molar-refractivity contribution is -0.115. The van der Waals surface area contributed by atoms with Gasteiger partial charge in [-0.2, -0.15) is 0 Å². The monoisotopic (exact) mass is 672 g/mol. The summed E-state index contributed by atoms with van der Waals surface area (Å²) in [6, 6.07) is 35.4. The molecule has 10 heteroatoms. The number of amides is 3. The number of carbonyl (C=O) groups is 3. The third kappa shape index (κ3) is 8.22. The molecule has 1 heterocycles. The van der Waals surface area contributed by atoms with Crippen LogP contribution >= 0.6 is 23.1 Å². The van der Waals surface area contributed by atoms with Crippen LogP contribution in [0.3, 0.4) is 0 Å². The van der Waals surface area contributed by atoms with Crippen LogP contribution in [0.1, 0.15) is 22.8 Å². The number of halogens is 1. The maximum atomic E-state index is 13.5. The summed E-state index contributed by atoms with van der Waals surface area (Å²) >= 11 is 2.75. The average molecular weight is 673 g/mol. The van der Waals surface area contributed by atoms with Crippen molar-refractivity contribution in [1.29, 1.82) is 0 Å². The summed E-state index contributed by atoms with van der Waals surface area (Å²) in [5, 5.41) is 12.7. The smallest absolute Gasteiger partial charge is 0.272 e. The van der Waals surface area contributed by atoms with Gasteiger partial charge in [0, 0.05) is 27.1 Å². The Hall–Kier alpha value is -5.58. The van der Waals surface area contributed by atoms with Crippen molar-refractivity contribution in [1.82, 2.24) is 10.3 Å². The van der Waals surface area contributed by atoms with E-state index in [1.807, 2.05) is 30.5 Å². The molecule has 3 N–H and O–H groups in total. The quantitative estimate of drug-likeness (QED) is 0.1000. The van der Waals surface area contributed by atoms with E-state index in [0.717, 1.165) is 26.9 Å². The summed E-state index contributed by atoms with van der Waals surface area (Å²) in [6.45, 7) is 1.81. The first kappa shape index (κ1) is 32.4. The standard InChI is InChI=1S/C38H29FN4O3S2/c1-24(35(44)43-38-42-34(23-47-38)29-14-13-26-7-5-6-10-28(26)22-29)48-32-19-17-31(18-20-32)40-37(46)33(21-25-11-15-30(39)16-12-25)41-36(45)27-8-3-2-4-9-27/h2-24H,1H3,(H,40,46)(H,41,45)(H,42,43,44)/b33-21-. The number of aromatic nitrogens is 1. The lowest BCUT2D eigenvalue weighted by Crippen LogP contribution is -2.30. The number of nitrogens with one attached hydrogen (secondary N) is 3. The molecule has 0 aliphatic carbocycles. The number of thioether (sulfide) groups is 1. The Bertz CT molecular complexity index is 2110. The van der Waals surface area contributed by atoms with E-state index in [9.17, 15) is 18.8 Å². The molecule has 0 saturated heterocycles. The summed E-state index contributed by atoms with van der Waals surface area (Å²) in [6.07, 6.45) is 1.48. The van der Waals surface area contributed by atoms with Crippen LogP contribution < -0.4 is 16.0 Å². The number of thiazole rings is 1. The van der Waals surface area contributed by atoms with Crippen molar-refractivity contribution in [3.8, 4) is 11.3 Å². The Kier molecular flexibility index (Phi) is 10.0. The molecule has 238 valence electrons. The lowest BCUT2D eigenvalue weighted by atomic mass is 10.1. The van der Waals surface area contributed by atoms with Crippen LogP contribution in [0.15, 0.2) is 137 Å². The fourth-order valence-electron chi connectivity index (χ4n) is 4.76. The highest BCUT2D eigenvalue weighted by Crippen LogP contribution is 2.30. The largest absolute Gasteiger partial charge is 0.321 e. The zero-order chi connectivity index (χ0) is 33.5. The minimum Gasteiger partial charge on any atom is -0.321 e. The van der Waals surface area contributed by atoms with Crippen molar-refractivity contribution in [2.45, 2.75) is 17.1 Å². The number of fused-ring (bicyclic) bond motifs is 1. The van der Waals surface area contributed by atoms with E-state index in [1.165, 1.54) is 53.4 Å². The first-order valence-electron chi connectivity index (χ1n) is 15.0. The Morgan fingerprint density at radius 3 is 2.27 bits per heavy atom.